The fourth-order valence-corrected chi connectivity index (χ4v) is 14.4. The number of aliphatic hydroxyl groups is 1. The fourth-order valence-electron chi connectivity index (χ4n) is 12.9. The Morgan fingerprint density at radius 3 is 0.689 bits per heavy atom. The summed E-state index contributed by atoms with van der Waals surface area (Å²) in [5.41, 5.74) is 0. The van der Waals surface area contributed by atoms with Gasteiger partial charge in [-0.15, -0.1) is 0 Å². The lowest BCUT2D eigenvalue weighted by Gasteiger charge is -2.21. The van der Waals surface area contributed by atoms with Crippen LogP contribution in [0.2, 0.25) is 0 Å². The summed E-state index contributed by atoms with van der Waals surface area (Å²) in [6, 6.07) is 0. The number of hydrogen-bond donors (Lipinski definition) is 3. The number of aliphatic hydroxyl groups excluding tert-OH is 1. The van der Waals surface area contributed by atoms with Gasteiger partial charge in [-0.3, -0.25) is 37.3 Å². The first kappa shape index (κ1) is 101. The summed E-state index contributed by atoms with van der Waals surface area (Å²) in [6.07, 6.45) is 60.9. The second-order valence-corrected chi connectivity index (χ2v) is 34.3. The molecule has 0 fully saturated rings. The Hall–Kier alpha value is -1.94. The van der Waals surface area contributed by atoms with Gasteiger partial charge in [0, 0.05) is 25.7 Å². The molecule has 0 radical (unpaired) electrons. The molecule has 0 amide bonds. The van der Waals surface area contributed by atoms with E-state index in [1.807, 2.05) is 0 Å². The fraction of sp³-hybridized carbons (Fsp3) is 0.952. The Bertz CT molecular complexity index is 2010. The van der Waals surface area contributed by atoms with E-state index < -0.39 is 97.5 Å². The van der Waals surface area contributed by atoms with Gasteiger partial charge in [-0.05, 0) is 49.4 Å². The molecule has 0 aliphatic rings. The topological polar surface area (TPSA) is 237 Å². The van der Waals surface area contributed by atoms with E-state index >= 15 is 0 Å². The smallest absolute Gasteiger partial charge is 0.462 e. The van der Waals surface area contributed by atoms with Gasteiger partial charge in [0.15, 0.2) is 12.2 Å². The number of esters is 4. The van der Waals surface area contributed by atoms with Crippen LogP contribution in [0.4, 0.5) is 0 Å². The predicted octanol–water partition coefficient (Wildman–Crippen LogP) is 25.2. The maximum Gasteiger partial charge on any atom is 0.472 e. The van der Waals surface area contributed by atoms with Crippen LogP contribution in [-0.2, 0) is 65.4 Å². The highest BCUT2D eigenvalue weighted by Crippen LogP contribution is 2.45. The van der Waals surface area contributed by atoms with Crippen molar-refractivity contribution >= 4 is 39.5 Å². The maximum atomic E-state index is 13.1. The molecular weight excluding hydrogens is 1340 g/mol. The van der Waals surface area contributed by atoms with Crippen molar-refractivity contribution in [1.29, 1.82) is 0 Å². The summed E-state index contributed by atoms with van der Waals surface area (Å²) in [7, 11) is -9.93. The van der Waals surface area contributed by atoms with E-state index in [-0.39, 0.29) is 25.7 Å². The van der Waals surface area contributed by atoms with Crippen molar-refractivity contribution in [2.75, 3.05) is 39.6 Å². The molecular formula is C84H164O17P2. The van der Waals surface area contributed by atoms with Crippen LogP contribution in [0.5, 0.6) is 0 Å². The van der Waals surface area contributed by atoms with Crippen LogP contribution in [0.1, 0.15) is 434 Å². The number of carbonyl (C=O) groups is 4. The largest absolute Gasteiger partial charge is 0.472 e. The van der Waals surface area contributed by atoms with Crippen LogP contribution in [0.15, 0.2) is 0 Å². The second kappa shape index (κ2) is 72.9. The zero-order chi connectivity index (χ0) is 76.0. The molecule has 5 unspecified atom stereocenters. The summed E-state index contributed by atoms with van der Waals surface area (Å²) in [6.45, 7) is 14.4. The Morgan fingerprint density at radius 1 is 0.272 bits per heavy atom. The van der Waals surface area contributed by atoms with Crippen LogP contribution in [-0.4, -0.2) is 96.7 Å². The Balaban J connectivity index is 5.25. The van der Waals surface area contributed by atoms with E-state index in [4.69, 9.17) is 37.0 Å². The van der Waals surface area contributed by atoms with Gasteiger partial charge in [-0.25, -0.2) is 9.13 Å². The average Bonchev–Trinajstić information content (AvgIpc) is 3.07. The predicted molar refractivity (Wildman–Crippen MR) is 423 cm³/mol. The van der Waals surface area contributed by atoms with Crippen molar-refractivity contribution in [3.05, 3.63) is 0 Å². The first-order chi connectivity index (χ1) is 49.7. The molecule has 0 rings (SSSR count). The number of phosphoric acid groups is 2. The lowest BCUT2D eigenvalue weighted by atomic mass is 9.99. The lowest BCUT2D eigenvalue weighted by molar-refractivity contribution is -0.161. The van der Waals surface area contributed by atoms with Gasteiger partial charge in [-0.1, -0.05) is 383 Å². The maximum absolute atomic E-state index is 13.1. The van der Waals surface area contributed by atoms with Crippen molar-refractivity contribution in [1.82, 2.24) is 0 Å². The molecule has 17 nitrogen and oxygen atoms in total. The zero-order valence-corrected chi connectivity index (χ0v) is 69.7. The molecule has 0 aliphatic carbocycles. The van der Waals surface area contributed by atoms with Gasteiger partial charge < -0.3 is 33.8 Å². The van der Waals surface area contributed by atoms with E-state index in [9.17, 15) is 43.2 Å². The lowest BCUT2D eigenvalue weighted by Crippen LogP contribution is -2.30. The number of unbranched alkanes of at least 4 members (excludes halogenated alkanes) is 44. The highest BCUT2D eigenvalue weighted by Gasteiger charge is 2.30. The minimum Gasteiger partial charge on any atom is -0.462 e. The average molecular weight is 1510 g/mol. The second-order valence-electron chi connectivity index (χ2n) is 31.4. The number of phosphoric ester groups is 2. The number of carbonyl (C=O) groups excluding carboxylic acids is 4. The standard InChI is InChI=1S/C84H164O17P2/c1-9-75(6)61-53-45-37-31-25-19-13-16-22-28-34-40-50-58-66-83(88)100-79(70-94-81(86)64-56-48-39-33-27-21-15-12-18-24-30-36-44-52-60-74(4)5)72-98-102(90,91)96-68-78(85)69-97-103(92,93)99-73-80(71-95-82(87)65-57-49-43-42-47-55-63-77(8)11-3)101-84(89)67-59-51-41-35-29-23-17-14-20-26-32-38-46-54-62-76(7)10-2/h74-80,85H,9-73H2,1-8H3,(H,90,91)(H,92,93)/t75?,76?,77?,78-,79-,80-/m1/s1. The molecule has 0 spiro atoms. The monoisotopic (exact) mass is 1510 g/mol. The summed E-state index contributed by atoms with van der Waals surface area (Å²) in [5.74, 6) is 1.11. The molecule has 103 heavy (non-hydrogen) atoms. The van der Waals surface area contributed by atoms with E-state index in [2.05, 4.69) is 55.4 Å². The molecule has 0 aromatic heterocycles. The van der Waals surface area contributed by atoms with E-state index in [1.165, 1.54) is 231 Å². The normalized spacial score (nSPS) is 14.8. The molecule has 8 atom stereocenters. The van der Waals surface area contributed by atoms with Crippen LogP contribution in [0, 0.1) is 23.7 Å². The van der Waals surface area contributed by atoms with Crippen molar-refractivity contribution in [2.45, 2.75) is 453 Å². The first-order valence-electron chi connectivity index (χ1n) is 43.3. The minimum absolute atomic E-state index is 0.107. The number of rotatable bonds is 81. The van der Waals surface area contributed by atoms with Gasteiger partial charge >= 0.3 is 39.5 Å². The van der Waals surface area contributed by atoms with Gasteiger partial charge in [0.25, 0.3) is 0 Å². The summed E-state index contributed by atoms with van der Waals surface area (Å²) >= 11 is 0. The number of hydrogen-bond acceptors (Lipinski definition) is 15. The molecule has 0 saturated heterocycles. The number of ether oxygens (including phenoxy) is 4. The molecule has 0 saturated carbocycles. The Morgan fingerprint density at radius 2 is 0.466 bits per heavy atom. The molecule has 0 aromatic rings. The molecule has 0 heterocycles. The van der Waals surface area contributed by atoms with E-state index in [0.29, 0.717) is 25.7 Å². The third-order valence-electron chi connectivity index (χ3n) is 20.7. The van der Waals surface area contributed by atoms with Crippen molar-refractivity contribution in [2.24, 2.45) is 23.7 Å². The molecule has 0 aliphatic heterocycles. The van der Waals surface area contributed by atoms with E-state index in [1.54, 1.807) is 0 Å². The molecule has 0 bridgehead atoms. The summed E-state index contributed by atoms with van der Waals surface area (Å²) in [5, 5.41) is 10.7. The molecule has 612 valence electrons. The summed E-state index contributed by atoms with van der Waals surface area (Å²) in [4.78, 5) is 73.2. The van der Waals surface area contributed by atoms with Crippen molar-refractivity contribution in [3.8, 4) is 0 Å². The third kappa shape index (κ3) is 74.0. The van der Waals surface area contributed by atoms with Gasteiger partial charge in [-0.2, -0.15) is 0 Å². The van der Waals surface area contributed by atoms with Crippen molar-refractivity contribution in [3.63, 3.8) is 0 Å². The first-order valence-corrected chi connectivity index (χ1v) is 46.3. The van der Waals surface area contributed by atoms with Crippen LogP contribution < -0.4 is 0 Å². The highest BCUT2D eigenvalue weighted by molar-refractivity contribution is 7.47. The zero-order valence-electron chi connectivity index (χ0n) is 68.0. The van der Waals surface area contributed by atoms with Crippen LogP contribution >= 0.6 is 15.6 Å². The van der Waals surface area contributed by atoms with E-state index in [0.717, 1.165) is 120 Å². The molecule has 19 heteroatoms. The van der Waals surface area contributed by atoms with Crippen molar-refractivity contribution < 1.29 is 80.2 Å². The van der Waals surface area contributed by atoms with Gasteiger partial charge in [0.2, 0.25) is 0 Å². The molecule has 3 N–H and O–H groups in total. The van der Waals surface area contributed by atoms with Gasteiger partial charge in [0.05, 0.1) is 26.4 Å². The highest BCUT2D eigenvalue weighted by atomic mass is 31.2. The van der Waals surface area contributed by atoms with Gasteiger partial charge in [0.1, 0.15) is 19.3 Å². The summed E-state index contributed by atoms with van der Waals surface area (Å²) < 4.78 is 68.8. The molecule has 0 aromatic carbocycles. The van der Waals surface area contributed by atoms with Crippen LogP contribution in [0.25, 0.3) is 0 Å². The Labute approximate surface area is 632 Å². The third-order valence-corrected chi connectivity index (χ3v) is 22.6. The minimum atomic E-state index is -4.97. The SMILES string of the molecule is CCC(C)CCCCCCCCCCCCCCCCC(=O)O[C@H](COC(=O)CCCCCCCCCCCCCCCCC(C)C)COP(=O)(O)OC[C@@H](O)COP(=O)(O)OC[C@@H](COC(=O)CCCCCCCCC(C)CC)OC(=O)CCCCCCCCCCCCCCCCC(C)CC. The Kier molecular flexibility index (Phi) is 71.5. The van der Waals surface area contributed by atoms with Crippen LogP contribution in [0.3, 0.4) is 0 Å². The quantitative estimate of drug-likeness (QED) is 0.0222.